The van der Waals surface area contributed by atoms with Crippen molar-refractivity contribution in [2.75, 3.05) is 0 Å². The maximum Gasteiger partial charge on any atom is 0.127 e. The molecule has 0 saturated carbocycles. The first kappa shape index (κ1) is 18.1. The predicted molar refractivity (Wildman–Crippen MR) is 114 cm³/mol. The first-order valence-electron chi connectivity index (χ1n) is 9.08. The molecule has 0 aromatic heterocycles. The average molecular weight is 387 g/mol. The van der Waals surface area contributed by atoms with Crippen LogP contribution in [-0.2, 0) is 0 Å². The second kappa shape index (κ2) is 8.64. The Morgan fingerprint density at radius 3 is 1.11 bits per heavy atom. The van der Waals surface area contributed by atoms with E-state index in [1.807, 2.05) is 109 Å². The number of rotatable bonds is 6. The van der Waals surface area contributed by atoms with Gasteiger partial charge in [0.15, 0.2) is 0 Å². The minimum absolute atomic E-state index is 0.239. The van der Waals surface area contributed by atoms with Gasteiger partial charge in [0.05, 0.1) is 5.38 Å². The molecule has 4 aromatic rings. The number of ether oxygens (including phenoxy) is 2. The van der Waals surface area contributed by atoms with Gasteiger partial charge in [-0.25, -0.2) is 0 Å². The zero-order chi connectivity index (χ0) is 19.2. The van der Waals surface area contributed by atoms with Crippen LogP contribution in [-0.4, -0.2) is 0 Å². The molecule has 0 heterocycles. The van der Waals surface area contributed by atoms with E-state index < -0.39 is 0 Å². The van der Waals surface area contributed by atoms with Gasteiger partial charge in [0.1, 0.15) is 23.0 Å². The summed E-state index contributed by atoms with van der Waals surface area (Å²) in [5.41, 5.74) is 2.03. The van der Waals surface area contributed by atoms with Gasteiger partial charge in [-0.05, 0) is 59.7 Å². The van der Waals surface area contributed by atoms with Crippen molar-refractivity contribution in [2.45, 2.75) is 5.38 Å². The number of benzene rings is 4. The van der Waals surface area contributed by atoms with E-state index in [-0.39, 0.29) is 5.38 Å². The third-order valence-corrected chi connectivity index (χ3v) is 4.81. The third-order valence-electron chi connectivity index (χ3n) is 4.30. The molecule has 2 nitrogen and oxygen atoms in total. The Morgan fingerprint density at radius 1 is 0.429 bits per heavy atom. The summed E-state index contributed by atoms with van der Waals surface area (Å²) in [4.78, 5) is 0. The Balaban J connectivity index is 1.43. The normalized spacial score (nSPS) is 10.6. The van der Waals surface area contributed by atoms with Gasteiger partial charge in [0, 0.05) is 0 Å². The van der Waals surface area contributed by atoms with Crippen LogP contribution in [0.25, 0.3) is 0 Å². The summed E-state index contributed by atoms with van der Waals surface area (Å²) < 4.78 is 11.7. The van der Waals surface area contributed by atoms with Crippen LogP contribution in [0.15, 0.2) is 109 Å². The van der Waals surface area contributed by atoms with Crippen LogP contribution >= 0.6 is 11.6 Å². The van der Waals surface area contributed by atoms with Gasteiger partial charge in [-0.1, -0.05) is 60.7 Å². The van der Waals surface area contributed by atoms with Crippen LogP contribution < -0.4 is 9.47 Å². The van der Waals surface area contributed by atoms with Gasteiger partial charge in [0.2, 0.25) is 0 Å². The molecule has 0 saturated heterocycles. The Labute approximate surface area is 169 Å². The Bertz CT molecular complexity index is 913. The van der Waals surface area contributed by atoms with E-state index in [1.165, 1.54) is 0 Å². The average Bonchev–Trinajstić information content (AvgIpc) is 2.76. The lowest BCUT2D eigenvalue weighted by Gasteiger charge is -2.13. The molecule has 0 spiro atoms. The van der Waals surface area contributed by atoms with Crippen LogP contribution in [0, 0.1) is 0 Å². The number of hydrogen-bond donors (Lipinski definition) is 0. The molecule has 138 valence electrons. The minimum atomic E-state index is -0.239. The lowest BCUT2D eigenvalue weighted by Crippen LogP contribution is -1.94. The fraction of sp³-hybridized carbons (Fsp3) is 0.0400. The number of halogens is 1. The van der Waals surface area contributed by atoms with Gasteiger partial charge in [-0.15, -0.1) is 11.6 Å². The predicted octanol–water partition coefficient (Wildman–Crippen LogP) is 7.60. The summed E-state index contributed by atoms with van der Waals surface area (Å²) in [6, 6.07) is 35.1. The molecule has 0 unspecified atom stereocenters. The van der Waals surface area contributed by atoms with Gasteiger partial charge in [-0.3, -0.25) is 0 Å². The van der Waals surface area contributed by atoms with Crippen LogP contribution in [0.4, 0.5) is 0 Å². The Morgan fingerprint density at radius 2 is 0.750 bits per heavy atom. The first-order chi connectivity index (χ1) is 13.8. The number of para-hydroxylation sites is 2. The van der Waals surface area contributed by atoms with Crippen molar-refractivity contribution < 1.29 is 9.47 Å². The molecule has 0 aliphatic heterocycles. The highest BCUT2D eigenvalue weighted by atomic mass is 35.5. The highest BCUT2D eigenvalue weighted by Gasteiger charge is 2.11. The zero-order valence-corrected chi connectivity index (χ0v) is 15.9. The molecule has 0 aliphatic rings. The van der Waals surface area contributed by atoms with E-state index in [9.17, 15) is 0 Å². The van der Waals surface area contributed by atoms with Crippen molar-refractivity contribution >= 4 is 11.6 Å². The van der Waals surface area contributed by atoms with Crippen molar-refractivity contribution in [3.05, 3.63) is 120 Å². The molecule has 3 heteroatoms. The molecule has 4 rings (SSSR count). The summed E-state index contributed by atoms with van der Waals surface area (Å²) in [6.45, 7) is 0. The molecule has 0 aliphatic carbocycles. The van der Waals surface area contributed by atoms with Gasteiger partial charge in [0.25, 0.3) is 0 Å². The van der Waals surface area contributed by atoms with E-state index in [4.69, 9.17) is 21.1 Å². The smallest absolute Gasteiger partial charge is 0.127 e. The minimum Gasteiger partial charge on any atom is -0.457 e. The highest BCUT2D eigenvalue weighted by Crippen LogP contribution is 2.32. The molecule has 0 fully saturated rings. The Kier molecular flexibility index (Phi) is 5.60. The topological polar surface area (TPSA) is 18.5 Å². The molecule has 0 atom stereocenters. The van der Waals surface area contributed by atoms with Crippen LogP contribution in [0.1, 0.15) is 16.5 Å². The lowest BCUT2D eigenvalue weighted by molar-refractivity contribution is 0.482. The van der Waals surface area contributed by atoms with Gasteiger partial charge in [-0.2, -0.15) is 0 Å². The largest absolute Gasteiger partial charge is 0.457 e. The van der Waals surface area contributed by atoms with Crippen molar-refractivity contribution in [3.63, 3.8) is 0 Å². The molecule has 0 amide bonds. The van der Waals surface area contributed by atoms with E-state index >= 15 is 0 Å². The molecule has 4 aromatic carbocycles. The summed E-state index contributed by atoms with van der Waals surface area (Å²) in [7, 11) is 0. The van der Waals surface area contributed by atoms with E-state index in [0.717, 1.165) is 34.1 Å². The quantitative estimate of drug-likeness (QED) is 0.317. The fourth-order valence-corrected chi connectivity index (χ4v) is 3.14. The molecule has 0 bridgehead atoms. The van der Waals surface area contributed by atoms with Crippen molar-refractivity contribution in [2.24, 2.45) is 0 Å². The van der Waals surface area contributed by atoms with Crippen LogP contribution in [0.2, 0.25) is 0 Å². The zero-order valence-electron chi connectivity index (χ0n) is 15.2. The standard InChI is InChI=1S/C25H19ClO2/c26-25(19-11-15-23(16-12-19)27-21-7-3-1-4-8-21)20-13-17-24(18-14-20)28-22-9-5-2-6-10-22/h1-18,25H. The molecule has 0 radical (unpaired) electrons. The second-order valence-electron chi connectivity index (χ2n) is 6.33. The second-order valence-corrected chi connectivity index (χ2v) is 6.77. The van der Waals surface area contributed by atoms with Crippen LogP contribution in [0.5, 0.6) is 23.0 Å². The van der Waals surface area contributed by atoms with Crippen molar-refractivity contribution in [1.82, 2.24) is 0 Å². The number of hydrogen-bond acceptors (Lipinski definition) is 2. The highest BCUT2D eigenvalue weighted by molar-refractivity contribution is 6.22. The molecule has 28 heavy (non-hydrogen) atoms. The third kappa shape index (κ3) is 4.54. The summed E-state index contributed by atoms with van der Waals surface area (Å²) >= 11 is 6.68. The summed E-state index contributed by atoms with van der Waals surface area (Å²) in [5.74, 6) is 3.19. The summed E-state index contributed by atoms with van der Waals surface area (Å²) in [6.07, 6.45) is 0. The van der Waals surface area contributed by atoms with E-state index in [0.29, 0.717) is 0 Å². The SMILES string of the molecule is ClC(c1ccc(Oc2ccccc2)cc1)c1ccc(Oc2ccccc2)cc1. The molecular weight excluding hydrogens is 368 g/mol. The lowest BCUT2D eigenvalue weighted by atomic mass is 10.0. The maximum atomic E-state index is 6.68. The monoisotopic (exact) mass is 386 g/mol. The van der Waals surface area contributed by atoms with Gasteiger partial charge >= 0.3 is 0 Å². The summed E-state index contributed by atoms with van der Waals surface area (Å²) in [5, 5.41) is -0.239. The Hall–Kier alpha value is -3.23. The molecular formula is C25H19ClO2. The van der Waals surface area contributed by atoms with Crippen molar-refractivity contribution in [1.29, 1.82) is 0 Å². The van der Waals surface area contributed by atoms with Crippen molar-refractivity contribution in [3.8, 4) is 23.0 Å². The van der Waals surface area contributed by atoms with Gasteiger partial charge < -0.3 is 9.47 Å². The molecule has 0 N–H and O–H groups in total. The van der Waals surface area contributed by atoms with E-state index in [2.05, 4.69) is 0 Å². The fourth-order valence-electron chi connectivity index (χ4n) is 2.85. The van der Waals surface area contributed by atoms with E-state index in [1.54, 1.807) is 0 Å². The van der Waals surface area contributed by atoms with Crippen LogP contribution in [0.3, 0.4) is 0 Å². The number of alkyl halides is 1. The maximum absolute atomic E-state index is 6.68. The first-order valence-corrected chi connectivity index (χ1v) is 9.51.